The topological polar surface area (TPSA) is 61.7 Å². The SMILES string of the molecule is CC(C)N1CCCC1C(=O)N1CCN(c2cnn(C)c2)C(=O)C1. The second kappa shape index (κ2) is 6.31. The molecule has 0 bridgehead atoms. The first-order valence-corrected chi connectivity index (χ1v) is 8.31. The molecule has 3 rings (SSSR count). The van der Waals surface area contributed by atoms with Crippen molar-refractivity contribution in [1.29, 1.82) is 0 Å². The van der Waals surface area contributed by atoms with Crippen LogP contribution in [0.4, 0.5) is 5.69 Å². The summed E-state index contributed by atoms with van der Waals surface area (Å²) in [7, 11) is 1.83. The molecular formula is C16H25N5O2. The predicted molar refractivity (Wildman–Crippen MR) is 87.0 cm³/mol. The number of piperazine rings is 1. The summed E-state index contributed by atoms with van der Waals surface area (Å²) in [5.41, 5.74) is 0.800. The van der Waals surface area contributed by atoms with Crippen molar-refractivity contribution in [3.63, 3.8) is 0 Å². The highest BCUT2D eigenvalue weighted by molar-refractivity contribution is 5.98. The lowest BCUT2D eigenvalue weighted by molar-refractivity contribution is -0.141. The van der Waals surface area contributed by atoms with Crippen LogP contribution in [-0.4, -0.2) is 69.7 Å². The predicted octanol–water partition coefficient (Wildman–Crippen LogP) is 0.468. The first-order chi connectivity index (χ1) is 11.0. The van der Waals surface area contributed by atoms with Crippen molar-refractivity contribution in [2.24, 2.45) is 7.05 Å². The first kappa shape index (κ1) is 16.0. The van der Waals surface area contributed by atoms with Gasteiger partial charge >= 0.3 is 0 Å². The first-order valence-electron chi connectivity index (χ1n) is 8.31. The van der Waals surface area contributed by atoms with Gasteiger partial charge in [0.05, 0.1) is 17.9 Å². The van der Waals surface area contributed by atoms with Crippen LogP contribution in [0.25, 0.3) is 0 Å². The van der Waals surface area contributed by atoms with Crippen LogP contribution in [0.1, 0.15) is 26.7 Å². The number of aryl methyl sites for hydroxylation is 1. The maximum absolute atomic E-state index is 12.8. The second-order valence-corrected chi connectivity index (χ2v) is 6.67. The Kier molecular flexibility index (Phi) is 4.39. The molecule has 126 valence electrons. The number of nitrogens with zero attached hydrogens (tertiary/aromatic N) is 5. The van der Waals surface area contributed by atoms with Gasteiger partial charge in [0.25, 0.3) is 0 Å². The summed E-state index contributed by atoms with van der Waals surface area (Å²) in [6, 6.07) is 0.298. The summed E-state index contributed by atoms with van der Waals surface area (Å²) in [5, 5.41) is 4.11. The van der Waals surface area contributed by atoms with Crippen molar-refractivity contribution >= 4 is 17.5 Å². The maximum Gasteiger partial charge on any atom is 0.246 e. The molecule has 0 radical (unpaired) electrons. The number of anilines is 1. The summed E-state index contributed by atoms with van der Waals surface area (Å²) in [5.74, 6) is 0.0714. The lowest BCUT2D eigenvalue weighted by Gasteiger charge is -2.37. The van der Waals surface area contributed by atoms with Crippen LogP contribution < -0.4 is 4.90 Å². The van der Waals surface area contributed by atoms with Gasteiger partial charge < -0.3 is 9.80 Å². The Balaban J connectivity index is 1.65. The van der Waals surface area contributed by atoms with Gasteiger partial charge in [-0.05, 0) is 33.2 Å². The lowest BCUT2D eigenvalue weighted by atomic mass is 10.1. The van der Waals surface area contributed by atoms with E-state index >= 15 is 0 Å². The van der Waals surface area contributed by atoms with Crippen molar-refractivity contribution < 1.29 is 9.59 Å². The molecule has 1 atom stereocenters. The fraction of sp³-hybridized carbons (Fsp3) is 0.688. The average Bonchev–Trinajstić information content (AvgIpc) is 3.15. The van der Waals surface area contributed by atoms with Crippen molar-refractivity contribution in [1.82, 2.24) is 19.6 Å². The smallest absolute Gasteiger partial charge is 0.246 e. The Morgan fingerprint density at radius 3 is 2.70 bits per heavy atom. The van der Waals surface area contributed by atoms with Gasteiger partial charge in [-0.1, -0.05) is 0 Å². The molecule has 0 aromatic carbocycles. The van der Waals surface area contributed by atoms with E-state index in [0.717, 1.165) is 25.1 Å². The Bertz CT molecular complexity index is 597. The molecule has 23 heavy (non-hydrogen) atoms. The molecule has 0 saturated carbocycles. The number of hydrogen-bond donors (Lipinski definition) is 0. The molecule has 0 aliphatic carbocycles. The molecule has 7 heteroatoms. The third-order valence-electron chi connectivity index (χ3n) is 4.78. The summed E-state index contributed by atoms with van der Waals surface area (Å²) in [4.78, 5) is 30.9. The molecule has 0 spiro atoms. The third-order valence-corrected chi connectivity index (χ3v) is 4.78. The molecule has 0 N–H and O–H groups in total. The molecule has 3 heterocycles. The Morgan fingerprint density at radius 2 is 2.09 bits per heavy atom. The number of amides is 2. The highest BCUT2D eigenvalue weighted by atomic mass is 16.2. The van der Waals surface area contributed by atoms with Crippen LogP contribution in [0, 0.1) is 0 Å². The minimum atomic E-state index is -0.0623. The van der Waals surface area contributed by atoms with Crippen molar-refractivity contribution in [3.05, 3.63) is 12.4 Å². The lowest BCUT2D eigenvalue weighted by Crippen LogP contribution is -2.56. The summed E-state index contributed by atoms with van der Waals surface area (Å²) in [6.45, 7) is 6.49. The average molecular weight is 319 g/mol. The molecule has 1 aromatic heterocycles. The summed E-state index contributed by atoms with van der Waals surface area (Å²) < 4.78 is 1.68. The normalized spacial score (nSPS) is 23.1. The van der Waals surface area contributed by atoms with E-state index in [-0.39, 0.29) is 24.4 Å². The molecule has 1 aromatic rings. The van der Waals surface area contributed by atoms with E-state index in [1.807, 2.05) is 13.2 Å². The second-order valence-electron chi connectivity index (χ2n) is 6.67. The Labute approximate surface area is 136 Å². The van der Waals surface area contributed by atoms with Gasteiger partial charge in [0.1, 0.15) is 6.54 Å². The minimum Gasteiger partial charge on any atom is -0.330 e. The summed E-state index contributed by atoms with van der Waals surface area (Å²) >= 11 is 0. The maximum atomic E-state index is 12.8. The Hall–Kier alpha value is -1.89. The summed E-state index contributed by atoms with van der Waals surface area (Å²) in [6.07, 6.45) is 5.46. The van der Waals surface area contributed by atoms with E-state index in [1.165, 1.54) is 0 Å². The van der Waals surface area contributed by atoms with E-state index in [4.69, 9.17) is 0 Å². The van der Waals surface area contributed by atoms with Gasteiger partial charge in [-0.25, -0.2) is 0 Å². The number of carbonyl (C=O) groups is 2. The van der Waals surface area contributed by atoms with Crippen molar-refractivity contribution in [2.75, 3.05) is 31.1 Å². The molecule has 2 amide bonds. The van der Waals surface area contributed by atoms with Crippen molar-refractivity contribution in [3.8, 4) is 0 Å². The molecule has 7 nitrogen and oxygen atoms in total. The number of rotatable bonds is 3. The van der Waals surface area contributed by atoms with Gasteiger partial charge in [-0.2, -0.15) is 5.10 Å². The molecule has 1 unspecified atom stereocenters. The van der Waals surface area contributed by atoms with Gasteiger partial charge in [-0.3, -0.25) is 19.2 Å². The van der Waals surface area contributed by atoms with Gasteiger partial charge in [0, 0.05) is 32.4 Å². The quantitative estimate of drug-likeness (QED) is 0.812. The number of aromatic nitrogens is 2. The molecule has 2 aliphatic rings. The fourth-order valence-electron chi connectivity index (χ4n) is 3.57. The monoisotopic (exact) mass is 319 g/mol. The molecule has 2 fully saturated rings. The largest absolute Gasteiger partial charge is 0.330 e. The van der Waals surface area contributed by atoms with Gasteiger partial charge in [-0.15, -0.1) is 0 Å². The number of likely N-dealkylation sites (tertiary alicyclic amines) is 1. The molecule has 2 aliphatic heterocycles. The molecular weight excluding hydrogens is 294 g/mol. The highest BCUT2D eigenvalue weighted by Gasteiger charge is 2.37. The fourth-order valence-corrected chi connectivity index (χ4v) is 3.57. The number of carbonyl (C=O) groups excluding carboxylic acids is 2. The van der Waals surface area contributed by atoms with E-state index < -0.39 is 0 Å². The zero-order valence-corrected chi connectivity index (χ0v) is 14.1. The third kappa shape index (κ3) is 3.10. The van der Waals surface area contributed by atoms with E-state index in [0.29, 0.717) is 19.1 Å². The highest BCUT2D eigenvalue weighted by Crippen LogP contribution is 2.23. The number of hydrogen-bond acceptors (Lipinski definition) is 4. The Morgan fingerprint density at radius 1 is 1.30 bits per heavy atom. The van der Waals surface area contributed by atoms with Crippen LogP contribution in [-0.2, 0) is 16.6 Å². The zero-order valence-electron chi connectivity index (χ0n) is 14.1. The van der Waals surface area contributed by atoms with Crippen LogP contribution in [0.5, 0.6) is 0 Å². The van der Waals surface area contributed by atoms with E-state index in [2.05, 4.69) is 23.8 Å². The van der Waals surface area contributed by atoms with E-state index in [1.54, 1.807) is 20.7 Å². The van der Waals surface area contributed by atoms with Gasteiger partial charge in [0.2, 0.25) is 11.8 Å². The molecule has 2 saturated heterocycles. The van der Waals surface area contributed by atoms with Crippen LogP contribution >= 0.6 is 0 Å². The standard InChI is InChI=1S/C16H25N5O2/c1-12(2)20-6-4-5-14(20)16(23)19-7-8-21(15(22)11-19)13-9-17-18(3)10-13/h9-10,12,14H,4-8,11H2,1-3H3. The van der Waals surface area contributed by atoms with Crippen LogP contribution in [0.15, 0.2) is 12.4 Å². The van der Waals surface area contributed by atoms with Crippen LogP contribution in [0.2, 0.25) is 0 Å². The van der Waals surface area contributed by atoms with Gasteiger partial charge in [0.15, 0.2) is 0 Å². The van der Waals surface area contributed by atoms with Crippen LogP contribution in [0.3, 0.4) is 0 Å². The minimum absolute atomic E-state index is 0.0355. The zero-order chi connectivity index (χ0) is 16.6. The van der Waals surface area contributed by atoms with E-state index in [9.17, 15) is 9.59 Å². The van der Waals surface area contributed by atoms with Crippen molar-refractivity contribution in [2.45, 2.75) is 38.8 Å².